The number of carbonyl (C=O) groups excluding carboxylic acids is 2. The lowest BCUT2D eigenvalue weighted by Crippen LogP contribution is -2.19. The predicted molar refractivity (Wildman–Crippen MR) is 61.4 cm³/mol. The molecule has 2 rings (SSSR count). The van der Waals surface area contributed by atoms with Crippen LogP contribution in [0.5, 0.6) is 0 Å². The first kappa shape index (κ1) is 10.0. The number of hydrogen-bond donors (Lipinski definition) is 3. The van der Waals surface area contributed by atoms with Gasteiger partial charge in [-0.25, -0.2) is 0 Å². The zero-order valence-electron chi connectivity index (χ0n) is 7.91. The highest BCUT2D eigenvalue weighted by Gasteiger charge is 2.14. The Hall–Kier alpha value is -1.49. The third kappa shape index (κ3) is 2.30. The Balaban J connectivity index is 2.26. The number of amides is 2. The number of anilines is 2. The van der Waals surface area contributed by atoms with E-state index in [-0.39, 0.29) is 5.91 Å². The van der Waals surface area contributed by atoms with Crippen molar-refractivity contribution in [1.82, 2.24) is 0 Å². The van der Waals surface area contributed by atoms with Gasteiger partial charge in [-0.05, 0) is 30.2 Å². The monoisotopic (exact) mass is 222 g/mol. The SMILES string of the molecule is O=C(S)Nc1ccc2c(c1)CCC(=O)N2. The highest BCUT2D eigenvalue weighted by molar-refractivity contribution is 7.96. The van der Waals surface area contributed by atoms with Crippen molar-refractivity contribution >= 4 is 35.1 Å². The van der Waals surface area contributed by atoms with E-state index in [0.717, 1.165) is 11.3 Å². The van der Waals surface area contributed by atoms with Crippen LogP contribution in [0.1, 0.15) is 12.0 Å². The minimum absolute atomic E-state index is 0.0356. The minimum Gasteiger partial charge on any atom is -0.326 e. The summed E-state index contributed by atoms with van der Waals surface area (Å²) in [5.41, 5.74) is 2.56. The van der Waals surface area contributed by atoms with Crippen LogP contribution in [0.4, 0.5) is 16.2 Å². The topological polar surface area (TPSA) is 58.2 Å². The molecule has 1 aliphatic rings. The number of benzene rings is 1. The zero-order valence-corrected chi connectivity index (χ0v) is 8.80. The number of carbonyl (C=O) groups is 2. The number of rotatable bonds is 1. The highest BCUT2D eigenvalue weighted by atomic mass is 32.1. The molecule has 0 unspecified atom stereocenters. The van der Waals surface area contributed by atoms with Gasteiger partial charge in [0.2, 0.25) is 5.91 Å². The van der Waals surface area contributed by atoms with Crippen molar-refractivity contribution in [2.75, 3.05) is 10.6 Å². The largest absolute Gasteiger partial charge is 0.326 e. The summed E-state index contributed by atoms with van der Waals surface area (Å²) in [6.45, 7) is 0. The van der Waals surface area contributed by atoms with Crippen molar-refractivity contribution in [3.05, 3.63) is 23.8 Å². The van der Waals surface area contributed by atoms with E-state index in [4.69, 9.17) is 0 Å². The molecule has 1 aromatic rings. The molecule has 0 aliphatic carbocycles. The van der Waals surface area contributed by atoms with Crippen LogP contribution >= 0.6 is 12.6 Å². The summed E-state index contributed by atoms with van der Waals surface area (Å²) < 4.78 is 0. The molecule has 15 heavy (non-hydrogen) atoms. The van der Waals surface area contributed by atoms with Gasteiger partial charge >= 0.3 is 0 Å². The van der Waals surface area contributed by atoms with Crippen molar-refractivity contribution in [2.45, 2.75) is 12.8 Å². The summed E-state index contributed by atoms with van der Waals surface area (Å²) in [4.78, 5) is 21.8. The number of fused-ring (bicyclic) bond motifs is 1. The standard InChI is InChI=1S/C10H10N2O2S/c13-9-4-1-6-5-7(11-10(14)15)2-3-8(6)12-9/h2-3,5H,1,4H2,(H,12,13)(H2,11,14,15). The van der Waals surface area contributed by atoms with E-state index in [1.54, 1.807) is 12.1 Å². The molecule has 5 heteroatoms. The molecule has 0 aromatic heterocycles. The second kappa shape index (κ2) is 3.94. The summed E-state index contributed by atoms with van der Waals surface area (Å²) in [5.74, 6) is 0.0356. The lowest BCUT2D eigenvalue weighted by atomic mass is 10.0. The molecule has 0 saturated carbocycles. The number of thiol groups is 1. The Labute approximate surface area is 92.5 Å². The Bertz CT molecular complexity index is 431. The summed E-state index contributed by atoms with van der Waals surface area (Å²) in [7, 11) is 0. The number of nitrogens with one attached hydrogen (secondary N) is 2. The molecule has 0 bridgehead atoms. The molecule has 0 fully saturated rings. The molecular formula is C10H10N2O2S. The molecular weight excluding hydrogens is 212 g/mol. The van der Waals surface area contributed by atoms with Gasteiger partial charge in [-0.1, -0.05) is 12.6 Å². The average molecular weight is 222 g/mol. The first-order valence-electron chi connectivity index (χ1n) is 4.58. The molecule has 2 N–H and O–H groups in total. The zero-order chi connectivity index (χ0) is 10.8. The van der Waals surface area contributed by atoms with E-state index in [9.17, 15) is 9.59 Å². The van der Waals surface area contributed by atoms with Crippen molar-refractivity contribution < 1.29 is 9.59 Å². The lowest BCUT2D eigenvalue weighted by molar-refractivity contribution is -0.116. The van der Waals surface area contributed by atoms with E-state index in [1.807, 2.05) is 6.07 Å². The summed E-state index contributed by atoms with van der Waals surface area (Å²) in [6, 6.07) is 5.37. The molecule has 2 amide bonds. The second-order valence-corrected chi connectivity index (χ2v) is 3.76. The Morgan fingerprint density at radius 1 is 1.40 bits per heavy atom. The van der Waals surface area contributed by atoms with E-state index < -0.39 is 5.24 Å². The van der Waals surface area contributed by atoms with Crippen molar-refractivity contribution in [3.8, 4) is 0 Å². The van der Waals surface area contributed by atoms with Gasteiger partial charge in [0, 0.05) is 17.8 Å². The normalized spacial score (nSPS) is 14.1. The Kier molecular flexibility index (Phi) is 2.64. The maximum atomic E-state index is 11.1. The van der Waals surface area contributed by atoms with E-state index in [1.165, 1.54) is 0 Å². The molecule has 1 aliphatic heterocycles. The third-order valence-electron chi connectivity index (χ3n) is 2.25. The Morgan fingerprint density at radius 3 is 2.93 bits per heavy atom. The van der Waals surface area contributed by atoms with Crippen molar-refractivity contribution in [2.24, 2.45) is 0 Å². The number of aryl methyl sites for hydroxylation is 1. The molecule has 1 heterocycles. The molecule has 0 radical (unpaired) electrons. The van der Waals surface area contributed by atoms with Gasteiger partial charge in [0.25, 0.3) is 5.24 Å². The van der Waals surface area contributed by atoms with Crippen molar-refractivity contribution in [1.29, 1.82) is 0 Å². The molecule has 0 saturated heterocycles. The molecule has 78 valence electrons. The summed E-state index contributed by atoms with van der Waals surface area (Å²) in [5, 5.41) is 4.95. The molecule has 4 nitrogen and oxygen atoms in total. The summed E-state index contributed by atoms with van der Waals surface area (Å²) in [6.07, 6.45) is 1.20. The van der Waals surface area contributed by atoms with Crippen LogP contribution in [-0.4, -0.2) is 11.1 Å². The van der Waals surface area contributed by atoms with Gasteiger partial charge < -0.3 is 10.6 Å². The van der Waals surface area contributed by atoms with Crippen LogP contribution in [0.25, 0.3) is 0 Å². The fourth-order valence-electron chi connectivity index (χ4n) is 1.58. The maximum Gasteiger partial charge on any atom is 0.280 e. The highest BCUT2D eigenvalue weighted by Crippen LogP contribution is 2.25. The van der Waals surface area contributed by atoms with Gasteiger partial charge in [0.05, 0.1) is 0 Å². The van der Waals surface area contributed by atoms with E-state index in [2.05, 4.69) is 23.3 Å². The molecule has 0 atom stereocenters. The van der Waals surface area contributed by atoms with Crippen LogP contribution in [-0.2, 0) is 11.2 Å². The van der Waals surface area contributed by atoms with Gasteiger partial charge in [-0.3, -0.25) is 9.59 Å². The second-order valence-electron chi connectivity index (χ2n) is 3.35. The van der Waals surface area contributed by atoms with Crippen LogP contribution in [0.2, 0.25) is 0 Å². The first-order chi connectivity index (χ1) is 7.15. The van der Waals surface area contributed by atoms with Gasteiger partial charge in [-0.15, -0.1) is 0 Å². The lowest BCUT2D eigenvalue weighted by Gasteiger charge is -2.17. The summed E-state index contributed by atoms with van der Waals surface area (Å²) >= 11 is 3.63. The van der Waals surface area contributed by atoms with Crippen LogP contribution in [0.15, 0.2) is 18.2 Å². The van der Waals surface area contributed by atoms with E-state index >= 15 is 0 Å². The first-order valence-corrected chi connectivity index (χ1v) is 5.02. The predicted octanol–water partition coefficient (Wildman–Crippen LogP) is 2.03. The van der Waals surface area contributed by atoms with Gasteiger partial charge in [0.1, 0.15) is 0 Å². The quantitative estimate of drug-likeness (QED) is 0.637. The van der Waals surface area contributed by atoms with Crippen LogP contribution < -0.4 is 10.6 Å². The van der Waals surface area contributed by atoms with Crippen LogP contribution in [0.3, 0.4) is 0 Å². The average Bonchev–Trinajstić information content (AvgIpc) is 2.17. The maximum absolute atomic E-state index is 11.1. The Morgan fingerprint density at radius 2 is 2.20 bits per heavy atom. The van der Waals surface area contributed by atoms with Gasteiger partial charge in [-0.2, -0.15) is 0 Å². The minimum atomic E-state index is -0.394. The van der Waals surface area contributed by atoms with E-state index in [0.29, 0.717) is 18.5 Å². The fraction of sp³-hybridized carbons (Fsp3) is 0.200. The van der Waals surface area contributed by atoms with Gasteiger partial charge in [0.15, 0.2) is 0 Å². The molecule has 0 spiro atoms. The van der Waals surface area contributed by atoms with Crippen LogP contribution in [0, 0.1) is 0 Å². The van der Waals surface area contributed by atoms with Crippen molar-refractivity contribution in [3.63, 3.8) is 0 Å². The smallest absolute Gasteiger partial charge is 0.280 e. The third-order valence-corrected chi connectivity index (χ3v) is 2.36. The molecule has 1 aromatic carbocycles. The fourth-order valence-corrected chi connectivity index (χ4v) is 1.71. The number of hydrogen-bond acceptors (Lipinski definition) is 2.